The van der Waals surface area contributed by atoms with Crippen LogP contribution in [0.5, 0.6) is 0 Å². The molecule has 1 rings (SSSR count). The molecule has 1 fully saturated rings. The summed E-state index contributed by atoms with van der Waals surface area (Å²) in [4.78, 5) is 40.6. The molecule has 7 nitrogen and oxygen atoms in total. The number of nitrogens with one attached hydrogen (secondary N) is 1. The van der Waals surface area contributed by atoms with Crippen LogP contribution in [-0.2, 0) is 82.4 Å². The average molecular weight is 945 g/mol. The predicted octanol–water partition coefficient (Wildman–Crippen LogP) is 2.89. The van der Waals surface area contributed by atoms with Crippen LogP contribution in [0.2, 0.25) is 0 Å². The molecule has 0 saturated carbocycles. The molecule has 26 heavy (non-hydrogen) atoms. The Kier molecular flexibility index (Phi) is 53.7. The van der Waals surface area contributed by atoms with Gasteiger partial charge in [0.05, 0.1) is 11.8 Å². The van der Waals surface area contributed by atoms with Crippen molar-refractivity contribution in [3.05, 3.63) is 16.4 Å². The minimum absolute atomic E-state index is 0. The van der Waals surface area contributed by atoms with Crippen molar-refractivity contribution in [2.24, 2.45) is 0 Å². The minimum Gasteiger partial charge on any atom is -0.678 e. The number of ketones is 4. The maximum absolute atomic E-state index is 10.4. The topological polar surface area (TPSA) is 120 Å². The van der Waals surface area contributed by atoms with Gasteiger partial charge in [-0.05, 0) is 13.8 Å². The molecule has 0 bridgehead atoms. The molecule has 0 aromatic heterocycles. The van der Waals surface area contributed by atoms with E-state index in [1.54, 1.807) is 13.8 Å². The Morgan fingerprint density at radius 3 is 1.50 bits per heavy atom. The number of Topliss-reactive ketones (excluding diaryl/α,β-unsaturated/α-hetero) is 4. The quantitative estimate of drug-likeness (QED) is 0.319. The summed E-state index contributed by atoms with van der Waals surface area (Å²) in [6.45, 7) is 8.91. The van der Waals surface area contributed by atoms with Gasteiger partial charge in [0.15, 0.2) is 0 Å². The minimum atomic E-state index is -0.0544. The maximum Gasteiger partial charge on any atom is 0.140 e. The number of likely N-dealkylation sites (N-methyl/N-ethyl adjacent to an activating group) is 1. The molecule has 0 radical (unpaired) electrons. The smallest absolute Gasteiger partial charge is 0.140 e. The summed E-state index contributed by atoms with van der Waals surface area (Å²) in [5.41, 5.74) is 6.21. The van der Waals surface area contributed by atoms with Crippen molar-refractivity contribution in [2.45, 2.75) is 34.1 Å². The van der Waals surface area contributed by atoms with Gasteiger partial charge in [-0.3, -0.25) is 4.79 Å². The molecule has 1 aliphatic heterocycles. The molecule has 1 N–H and O–H groups in total. The summed E-state index contributed by atoms with van der Waals surface area (Å²) < 4.78 is 0. The van der Waals surface area contributed by atoms with Crippen LogP contribution in [0.3, 0.4) is 0 Å². The van der Waals surface area contributed by atoms with Crippen LogP contribution in [0, 0.1) is 0 Å². The second kappa shape index (κ2) is 33.7. The third-order valence-corrected chi connectivity index (χ3v) is 2.51. The molecule has 0 aromatic rings. The Bertz CT molecular complexity index is 349. The van der Waals surface area contributed by atoms with Crippen molar-refractivity contribution in [1.82, 2.24) is 0 Å². The third-order valence-electron chi connectivity index (χ3n) is 1.72. The van der Waals surface area contributed by atoms with Crippen molar-refractivity contribution in [3.8, 4) is 0 Å². The standard InChI is InChI=1S/C5H6NO2.C5H10NO.C3H5BrO.C2H6N.3W/c7-4-1-5(8)3-6-2-4;1-3-6-4-5(2)7;1-3(5)2-4;1-2-3;;;/h1-3H2;3-4H2,1-2H3;2H2,1H3;3H,2H2,1H3;;;/q2*-1;;-1;;;. The Hall–Kier alpha value is 1.10. The van der Waals surface area contributed by atoms with E-state index in [2.05, 4.69) is 26.6 Å². The van der Waals surface area contributed by atoms with E-state index in [4.69, 9.17) is 5.73 Å². The van der Waals surface area contributed by atoms with Gasteiger partial charge in [0.1, 0.15) is 23.1 Å². The van der Waals surface area contributed by atoms with Gasteiger partial charge in [-0.2, -0.15) is 13.1 Å². The predicted molar refractivity (Wildman–Crippen MR) is 96.5 cm³/mol. The normalized spacial score (nSPS) is 11.2. The van der Waals surface area contributed by atoms with E-state index in [1.165, 1.54) is 6.92 Å². The zero-order valence-corrected chi connectivity index (χ0v) is 26.0. The molecule has 0 unspecified atom stereocenters. The van der Waals surface area contributed by atoms with Crippen LogP contribution >= 0.6 is 15.9 Å². The fourth-order valence-electron chi connectivity index (χ4n) is 0.906. The van der Waals surface area contributed by atoms with Crippen LogP contribution in [0.15, 0.2) is 0 Å². The van der Waals surface area contributed by atoms with Gasteiger partial charge in [-0.15, -0.1) is 0 Å². The van der Waals surface area contributed by atoms with E-state index in [0.717, 1.165) is 6.54 Å². The van der Waals surface area contributed by atoms with Crippen LogP contribution in [0.25, 0.3) is 16.4 Å². The molecule has 0 spiro atoms. The number of carbonyl (C=O) groups excluding carboxylic acids is 4. The Morgan fingerprint density at radius 2 is 1.38 bits per heavy atom. The number of rotatable bonds is 4. The van der Waals surface area contributed by atoms with E-state index < -0.39 is 0 Å². The largest absolute Gasteiger partial charge is 0.678 e. The molecule has 0 aromatic carbocycles. The van der Waals surface area contributed by atoms with Crippen molar-refractivity contribution in [1.29, 1.82) is 0 Å². The van der Waals surface area contributed by atoms with Gasteiger partial charge in [0, 0.05) is 63.2 Å². The zero-order chi connectivity index (χ0) is 18.7. The molecule has 154 valence electrons. The van der Waals surface area contributed by atoms with E-state index in [0.29, 0.717) is 18.4 Å². The van der Waals surface area contributed by atoms with E-state index in [1.807, 2.05) is 6.92 Å². The first-order valence-corrected chi connectivity index (χ1v) is 8.36. The Balaban J connectivity index is -0.0000000519. The number of carbonyl (C=O) groups is 4. The fraction of sp³-hybridized carbons (Fsp3) is 0.733. The van der Waals surface area contributed by atoms with Crippen molar-refractivity contribution in [3.63, 3.8) is 0 Å². The number of alkyl halides is 1. The molecule has 0 aliphatic carbocycles. The van der Waals surface area contributed by atoms with E-state index in [-0.39, 0.29) is 106 Å². The second-order valence-corrected chi connectivity index (χ2v) is 4.94. The summed E-state index contributed by atoms with van der Waals surface area (Å²) in [6, 6.07) is 0. The van der Waals surface area contributed by atoms with Gasteiger partial charge >= 0.3 is 0 Å². The fourth-order valence-corrected chi connectivity index (χ4v) is 0.906. The first-order chi connectivity index (χ1) is 10.7. The summed E-state index contributed by atoms with van der Waals surface area (Å²) in [5, 5.41) is 7.94. The van der Waals surface area contributed by atoms with E-state index in [9.17, 15) is 19.2 Å². The summed E-state index contributed by atoms with van der Waals surface area (Å²) in [5.74, 6) is 0.203. The molecule has 0 amide bonds. The second-order valence-electron chi connectivity index (χ2n) is 4.38. The number of piperidine rings is 1. The summed E-state index contributed by atoms with van der Waals surface area (Å²) in [6.07, 6.45) is 0.101. The summed E-state index contributed by atoms with van der Waals surface area (Å²) >= 11 is 2.96. The Morgan fingerprint density at radius 1 is 1.04 bits per heavy atom. The molecule has 1 aliphatic rings. The molecule has 11 heteroatoms. The van der Waals surface area contributed by atoms with Crippen LogP contribution in [0.1, 0.15) is 34.1 Å². The van der Waals surface area contributed by atoms with Crippen LogP contribution < -0.4 is 0 Å². The molecule has 1 saturated heterocycles. The van der Waals surface area contributed by atoms with Crippen LogP contribution in [0.4, 0.5) is 0 Å². The monoisotopic (exact) mass is 944 g/mol. The molecule has 1 heterocycles. The van der Waals surface area contributed by atoms with Gasteiger partial charge in [0.25, 0.3) is 0 Å². The average Bonchev–Trinajstić information content (AvgIpc) is 2.47. The number of hydrogen-bond donors (Lipinski definition) is 0. The first-order valence-electron chi connectivity index (χ1n) is 7.24. The maximum atomic E-state index is 10.4. The molecule has 0 atom stereocenters. The SMILES string of the molecule is CC(=O)CBr.CC[N-]CC(C)=O.CC[NH-].O=C1C[N-]CC(=O)C1.[W].[W].[W]. The Labute approximate surface area is 208 Å². The number of nitrogens with zero attached hydrogens (tertiary/aromatic N) is 2. The van der Waals surface area contributed by atoms with Gasteiger partial charge in [-0.25, -0.2) is 0 Å². The number of hydrogen-bond acceptors (Lipinski definition) is 4. The van der Waals surface area contributed by atoms with E-state index >= 15 is 0 Å². The summed E-state index contributed by atoms with van der Waals surface area (Å²) in [7, 11) is 0. The zero-order valence-electron chi connectivity index (χ0n) is 15.6. The third kappa shape index (κ3) is 49.9. The van der Waals surface area contributed by atoms with Crippen LogP contribution in [-0.4, -0.2) is 61.2 Å². The molecular formula is C15H27BrN3O4W3-3. The molecular weight excluding hydrogens is 918 g/mol. The van der Waals surface area contributed by atoms with Gasteiger partial charge < -0.3 is 30.8 Å². The van der Waals surface area contributed by atoms with Crippen molar-refractivity contribution < 1.29 is 82.4 Å². The van der Waals surface area contributed by atoms with Gasteiger partial charge in [0.2, 0.25) is 0 Å². The van der Waals surface area contributed by atoms with Crippen molar-refractivity contribution >= 4 is 39.1 Å². The first kappa shape index (κ1) is 41.5. The number of halogens is 1. The van der Waals surface area contributed by atoms with Gasteiger partial charge in [-0.1, -0.05) is 49.4 Å². The van der Waals surface area contributed by atoms with Crippen molar-refractivity contribution in [2.75, 3.05) is 38.1 Å².